The van der Waals surface area contributed by atoms with Crippen molar-refractivity contribution in [2.45, 2.75) is 26.2 Å². The molecule has 15 heavy (non-hydrogen) atoms. The minimum absolute atomic E-state index is 0.148. The van der Waals surface area contributed by atoms with Crippen molar-refractivity contribution in [1.82, 2.24) is 5.32 Å². The summed E-state index contributed by atoms with van der Waals surface area (Å²) in [6.45, 7) is 1.92. The Morgan fingerprint density at radius 1 is 1.40 bits per heavy atom. The minimum atomic E-state index is -1.68. The van der Waals surface area contributed by atoms with Crippen molar-refractivity contribution < 1.29 is 24.3 Å². The molecule has 0 aliphatic carbocycles. The van der Waals surface area contributed by atoms with Gasteiger partial charge >= 0.3 is 7.32 Å². The quantitative estimate of drug-likeness (QED) is 0.329. The monoisotopic (exact) mass is 215 g/mol. The number of nitrogens with one attached hydrogen (secondary N) is 1. The average Bonchev–Trinajstić information content (AvgIpc) is 2.51. The molecule has 1 rings (SSSR count). The van der Waals surface area contributed by atoms with Crippen LogP contribution >= 0.6 is 0 Å². The van der Waals surface area contributed by atoms with E-state index in [-0.39, 0.29) is 11.8 Å². The van der Waals surface area contributed by atoms with Crippen LogP contribution in [0.1, 0.15) is 26.2 Å². The number of allylic oxidation sites excluding steroid dienone is 1. The molecule has 0 saturated carbocycles. The second-order valence-electron chi connectivity index (χ2n) is 2.71. The lowest BCUT2D eigenvalue weighted by atomic mass is 10.3. The first-order valence-corrected chi connectivity index (χ1v) is 4.55. The van der Waals surface area contributed by atoms with E-state index < -0.39 is 7.32 Å². The number of amides is 2. The zero-order valence-corrected chi connectivity index (χ0v) is 8.47. The minimum Gasteiger partial charge on any atom is -0.519 e. The van der Waals surface area contributed by atoms with Crippen molar-refractivity contribution in [3.63, 3.8) is 0 Å². The largest absolute Gasteiger partial charge is 0.707 e. The molecule has 3 N–H and O–H groups in total. The second kappa shape index (κ2) is 8.01. The molecule has 0 aromatic rings. The Morgan fingerprint density at radius 2 is 1.93 bits per heavy atom. The SMILES string of the molecule is CC/C=C/OB(O)O.O=C1CCC(=O)N1. The first kappa shape index (κ1) is 13.7. The van der Waals surface area contributed by atoms with Crippen LogP contribution in [0.2, 0.25) is 0 Å². The summed E-state index contributed by atoms with van der Waals surface area (Å²) in [5.41, 5.74) is 0. The normalized spacial score (nSPS) is 14.6. The van der Waals surface area contributed by atoms with Crippen LogP contribution in [0, 0.1) is 0 Å². The Balaban J connectivity index is 0.000000262. The molecule has 0 aromatic heterocycles. The van der Waals surface area contributed by atoms with Crippen molar-refractivity contribution in [2.24, 2.45) is 0 Å². The Kier molecular flexibility index (Phi) is 7.30. The predicted molar refractivity (Wildman–Crippen MR) is 53.1 cm³/mol. The molecule has 6 nitrogen and oxygen atoms in total. The van der Waals surface area contributed by atoms with Gasteiger partial charge in [-0.2, -0.15) is 0 Å². The molecule has 1 fully saturated rings. The van der Waals surface area contributed by atoms with Crippen LogP contribution in [0.5, 0.6) is 0 Å². The lowest BCUT2D eigenvalue weighted by Crippen LogP contribution is -2.18. The number of rotatable bonds is 3. The molecule has 1 saturated heterocycles. The van der Waals surface area contributed by atoms with Crippen molar-refractivity contribution in [3.8, 4) is 0 Å². The Hall–Kier alpha value is -1.34. The maximum absolute atomic E-state index is 10.1. The van der Waals surface area contributed by atoms with E-state index in [4.69, 9.17) is 10.0 Å². The van der Waals surface area contributed by atoms with E-state index >= 15 is 0 Å². The Bertz CT molecular complexity index is 227. The van der Waals surface area contributed by atoms with Crippen LogP contribution in [-0.4, -0.2) is 29.2 Å². The first-order chi connectivity index (χ1) is 7.06. The van der Waals surface area contributed by atoms with Crippen LogP contribution in [0.15, 0.2) is 12.3 Å². The highest BCUT2D eigenvalue weighted by Gasteiger charge is 2.15. The van der Waals surface area contributed by atoms with Crippen LogP contribution in [0.25, 0.3) is 0 Å². The smallest absolute Gasteiger partial charge is 0.519 e. The van der Waals surface area contributed by atoms with Gasteiger partial charge in [0.15, 0.2) is 0 Å². The third-order valence-electron chi connectivity index (χ3n) is 1.39. The number of hydrogen-bond acceptors (Lipinski definition) is 5. The zero-order chi connectivity index (χ0) is 11.7. The fourth-order valence-corrected chi connectivity index (χ4v) is 0.730. The van der Waals surface area contributed by atoms with Gasteiger partial charge in [-0.25, -0.2) is 0 Å². The Morgan fingerprint density at radius 3 is 2.20 bits per heavy atom. The van der Waals surface area contributed by atoms with E-state index in [1.54, 1.807) is 6.08 Å². The maximum atomic E-state index is 10.1. The van der Waals surface area contributed by atoms with E-state index in [0.717, 1.165) is 6.42 Å². The van der Waals surface area contributed by atoms with Crippen molar-refractivity contribution >= 4 is 19.1 Å². The second-order valence-corrected chi connectivity index (χ2v) is 2.71. The summed E-state index contributed by atoms with van der Waals surface area (Å²) in [6.07, 6.45) is 4.51. The average molecular weight is 215 g/mol. The molecule has 0 radical (unpaired) electrons. The van der Waals surface area contributed by atoms with E-state index in [1.165, 1.54) is 6.26 Å². The molecule has 1 aliphatic rings. The van der Waals surface area contributed by atoms with Gasteiger partial charge in [-0.3, -0.25) is 14.9 Å². The molecule has 0 bridgehead atoms. The molecule has 0 unspecified atom stereocenters. The maximum Gasteiger partial charge on any atom is 0.707 e. The summed E-state index contributed by atoms with van der Waals surface area (Å²) in [5, 5.41) is 18.3. The van der Waals surface area contributed by atoms with Gasteiger partial charge in [0.1, 0.15) is 0 Å². The van der Waals surface area contributed by atoms with Gasteiger partial charge in [0.05, 0.1) is 6.26 Å². The summed E-state index contributed by atoms with van der Waals surface area (Å²) >= 11 is 0. The van der Waals surface area contributed by atoms with Crippen LogP contribution in [0.4, 0.5) is 0 Å². The number of hydrogen-bond donors (Lipinski definition) is 3. The molecule has 0 atom stereocenters. The summed E-state index contributed by atoms with van der Waals surface area (Å²) in [4.78, 5) is 20.2. The fourth-order valence-electron chi connectivity index (χ4n) is 0.730. The highest BCUT2D eigenvalue weighted by Crippen LogP contribution is 1.95. The van der Waals surface area contributed by atoms with Crippen molar-refractivity contribution in [1.29, 1.82) is 0 Å². The van der Waals surface area contributed by atoms with Crippen LogP contribution < -0.4 is 5.32 Å². The number of carbonyl (C=O) groups excluding carboxylic acids is 2. The third-order valence-corrected chi connectivity index (χ3v) is 1.39. The first-order valence-electron chi connectivity index (χ1n) is 4.55. The summed E-state index contributed by atoms with van der Waals surface area (Å²) < 4.78 is 4.21. The van der Waals surface area contributed by atoms with E-state index in [9.17, 15) is 9.59 Å². The zero-order valence-electron chi connectivity index (χ0n) is 8.47. The van der Waals surface area contributed by atoms with Gasteiger partial charge in [0.2, 0.25) is 11.8 Å². The Labute approximate surface area is 88.1 Å². The molecular formula is C8H14BNO5. The lowest BCUT2D eigenvalue weighted by molar-refractivity contribution is -0.124. The highest BCUT2D eigenvalue weighted by atomic mass is 16.6. The third kappa shape index (κ3) is 8.98. The van der Waals surface area contributed by atoms with Crippen LogP contribution in [0.3, 0.4) is 0 Å². The van der Waals surface area contributed by atoms with Gasteiger partial charge in [-0.05, 0) is 6.42 Å². The van der Waals surface area contributed by atoms with Gasteiger partial charge in [-0.15, -0.1) is 0 Å². The molecule has 0 aromatic carbocycles. The van der Waals surface area contributed by atoms with Gasteiger partial charge < -0.3 is 14.7 Å². The van der Waals surface area contributed by atoms with Crippen LogP contribution in [-0.2, 0) is 14.2 Å². The van der Waals surface area contributed by atoms with Crippen molar-refractivity contribution in [2.75, 3.05) is 0 Å². The lowest BCUT2D eigenvalue weighted by Gasteiger charge is -1.92. The molecule has 7 heteroatoms. The predicted octanol–water partition coefficient (Wildman–Crippen LogP) is -0.681. The fraction of sp³-hybridized carbons (Fsp3) is 0.500. The molecule has 0 spiro atoms. The molecule has 1 heterocycles. The number of carbonyl (C=O) groups is 2. The number of imide groups is 1. The van der Waals surface area contributed by atoms with Crippen molar-refractivity contribution in [3.05, 3.63) is 12.3 Å². The van der Waals surface area contributed by atoms with E-state index in [1.807, 2.05) is 6.92 Å². The highest BCUT2D eigenvalue weighted by molar-refractivity contribution is 6.32. The summed E-state index contributed by atoms with van der Waals surface area (Å²) in [6, 6.07) is 0. The topological polar surface area (TPSA) is 95.9 Å². The van der Waals surface area contributed by atoms with Gasteiger partial charge in [0.25, 0.3) is 0 Å². The van der Waals surface area contributed by atoms with E-state index in [2.05, 4.69) is 9.97 Å². The summed E-state index contributed by atoms with van der Waals surface area (Å²) in [7, 11) is -1.68. The molecule has 2 amide bonds. The molecular weight excluding hydrogens is 201 g/mol. The van der Waals surface area contributed by atoms with Gasteiger partial charge in [0, 0.05) is 12.8 Å². The van der Waals surface area contributed by atoms with E-state index in [0.29, 0.717) is 12.8 Å². The molecule has 84 valence electrons. The standard InChI is InChI=1S/C4H9BO3.C4H5NO2/c1-2-3-4-8-5(6)7;6-3-1-2-4(7)5-3/h3-4,6-7H,2H2,1H3;1-2H2,(H,5,6,7)/b4-3+;. The van der Waals surface area contributed by atoms with Gasteiger partial charge in [-0.1, -0.05) is 13.0 Å². The summed E-state index contributed by atoms with van der Waals surface area (Å²) in [5.74, 6) is -0.296. The molecule has 1 aliphatic heterocycles.